The number of amides is 1. The van der Waals surface area contributed by atoms with E-state index in [1.807, 2.05) is 26.0 Å². The number of anilines is 1. The van der Waals surface area contributed by atoms with Crippen LogP contribution in [0.5, 0.6) is 0 Å². The third-order valence-electron chi connectivity index (χ3n) is 2.19. The topological polar surface area (TPSA) is 42.0 Å². The number of halogens is 1. The predicted octanol–water partition coefficient (Wildman–Crippen LogP) is 3.93. The first-order chi connectivity index (χ1) is 8.04. The van der Waals surface area contributed by atoms with Gasteiger partial charge in [0.25, 0.3) is 0 Å². The first-order valence-corrected chi connectivity index (χ1v) is 6.60. The minimum Gasteiger partial charge on any atom is -0.302 e. The molecular formula is C12H13ClN2OS. The van der Waals surface area contributed by atoms with Crippen LogP contribution in [0.3, 0.4) is 0 Å². The highest BCUT2D eigenvalue weighted by Crippen LogP contribution is 2.28. The van der Waals surface area contributed by atoms with Crippen LogP contribution in [0, 0.1) is 5.92 Å². The molecule has 3 nitrogen and oxygen atoms in total. The molecule has 0 atom stereocenters. The fourth-order valence-electron chi connectivity index (χ4n) is 1.50. The van der Waals surface area contributed by atoms with Crippen molar-refractivity contribution in [2.45, 2.75) is 20.3 Å². The highest BCUT2D eigenvalue weighted by Gasteiger charge is 2.09. The molecule has 0 bridgehead atoms. The van der Waals surface area contributed by atoms with Gasteiger partial charge in [0.15, 0.2) is 5.13 Å². The van der Waals surface area contributed by atoms with Crippen molar-refractivity contribution >= 4 is 44.2 Å². The SMILES string of the molecule is CC(C)CC(=O)Nc1nc2cc(Cl)ccc2s1. The molecule has 1 N–H and O–H groups in total. The monoisotopic (exact) mass is 268 g/mol. The maximum absolute atomic E-state index is 11.6. The molecule has 0 aliphatic heterocycles. The van der Waals surface area contributed by atoms with E-state index in [0.717, 1.165) is 10.2 Å². The van der Waals surface area contributed by atoms with E-state index in [1.165, 1.54) is 11.3 Å². The van der Waals surface area contributed by atoms with Crippen molar-refractivity contribution in [3.63, 3.8) is 0 Å². The van der Waals surface area contributed by atoms with Crippen LogP contribution >= 0.6 is 22.9 Å². The first-order valence-electron chi connectivity index (χ1n) is 5.40. The maximum atomic E-state index is 11.6. The van der Waals surface area contributed by atoms with Gasteiger partial charge in [0.05, 0.1) is 10.2 Å². The van der Waals surface area contributed by atoms with Crippen molar-refractivity contribution < 1.29 is 4.79 Å². The summed E-state index contributed by atoms with van der Waals surface area (Å²) in [6.45, 7) is 4.02. The third kappa shape index (κ3) is 3.17. The van der Waals surface area contributed by atoms with Crippen LogP contribution in [0.15, 0.2) is 18.2 Å². The third-order valence-corrected chi connectivity index (χ3v) is 3.38. The highest BCUT2D eigenvalue weighted by molar-refractivity contribution is 7.22. The number of rotatable bonds is 3. The van der Waals surface area contributed by atoms with Crippen LogP contribution < -0.4 is 5.32 Å². The highest BCUT2D eigenvalue weighted by atomic mass is 35.5. The minimum absolute atomic E-state index is 0.00477. The van der Waals surface area contributed by atoms with Gasteiger partial charge in [0.2, 0.25) is 5.91 Å². The van der Waals surface area contributed by atoms with Crippen LogP contribution in [0.1, 0.15) is 20.3 Å². The number of benzene rings is 1. The molecular weight excluding hydrogens is 256 g/mol. The van der Waals surface area contributed by atoms with Crippen molar-refractivity contribution in [1.29, 1.82) is 0 Å². The van der Waals surface area contributed by atoms with Gasteiger partial charge in [-0.25, -0.2) is 4.98 Å². The van der Waals surface area contributed by atoms with E-state index in [9.17, 15) is 4.79 Å². The number of hydrogen-bond donors (Lipinski definition) is 1. The summed E-state index contributed by atoms with van der Waals surface area (Å²) < 4.78 is 1.02. The molecule has 1 aromatic carbocycles. The predicted molar refractivity (Wildman–Crippen MR) is 72.7 cm³/mol. The van der Waals surface area contributed by atoms with Crippen LogP contribution in [0.4, 0.5) is 5.13 Å². The molecule has 1 amide bonds. The summed E-state index contributed by atoms with van der Waals surface area (Å²) in [6, 6.07) is 5.53. The van der Waals surface area contributed by atoms with Crippen molar-refractivity contribution in [2.75, 3.05) is 5.32 Å². The van der Waals surface area contributed by atoms with Crippen molar-refractivity contribution in [3.8, 4) is 0 Å². The van der Waals surface area contributed by atoms with Gasteiger partial charge >= 0.3 is 0 Å². The van der Waals surface area contributed by atoms with Gasteiger partial charge in [-0.15, -0.1) is 0 Å². The zero-order chi connectivity index (χ0) is 12.4. The molecule has 1 heterocycles. The smallest absolute Gasteiger partial charge is 0.226 e. The number of nitrogens with zero attached hydrogens (tertiary/aromatic N) is 1. The summed E-state index contributed by atoms with van der Waals surface area (Å²) in [4.78, 5) is 15.9. The molecule has 1 aromatic heterocycles. The Balaban J connectivity index is 2.17. The number of carbonyl (C=O) groups excluding carboxylic acids is 1. The Hall–Kier alpha value is -1.13. The largest absolute Gasteiger partial charge is 0.302 e. The molecule has 0 aliphatic carbocycles. The molecule has 5 heteroatoms. The summed E-state index contributed by atoms with van der Waals surface area (Å²) >= 11 is 7.34. The molecule has 0 unspecified atom stereocenters. The molecule has 17 heavy (non-hydrogen) atoms. The fraction of sp³-hybridized carbons (Fsp3) is 0.333. The van der Waals surface area contributed by atoms with Gasteiger partial charge in [0.1, 0.15) is 0 Å². The molecule has 0 saturated heterocycles. The molecule has 0 radical (unpaired) electrons. The molecule has 0 saturated carbocycles. The van der Waals surface area contributed by atoms with Gasteiger partial charge in [-0.1, -0.05) is 36.8 Å². The lowest BCUT2D eigenvalue weighted by molar-refractivity contribution is -0.116. The summed E-state index contributed by atoms with van der Waals surface area (Å²) in [6.07, 6.45) is 0.511. The second-order valence-electron chi connectivity index (χ2n) is 4.28. The summed E-state index contributed by atoms with van der Waals surface area (Å²) in [5, 5.41) is 4.10. The van der Waals surface area contributed by atoms with E-state index < -0.39 is 0 Å². The van der Waals surface area contributed by atoms with Crippen LogP contribution in [-0.4, -0.2) is 10.9 Å². The normalized spacial score (nSPS) is 11.1. The number of thiazole rings is 1. The van der Waals surface area contributed by atoms with Crippen LogP contribution in [-0.2, 0) is 4.79 Å². The lowest BCUT2D eigenvalue weighted by atomic mass is 10.1. The average Bonchev–Trinajstić information content (AvgIpc) is 2.57. The second-order valence-corrected chi connectivity index (χ2v) is 5.74. The van der Waals surface area contributed by atoms with Gasteiger partial charge < -0.3 is 5.32 Å². The Kier molecular flexibility index (Phi) is 3.64. The standard InChI is InChI=1S/C12H13ClN2OS/c1-7(2)5-11(16)15-12-14-9-6-8(13)3-4-10(9)17-12/h3-4,6-7H,5H2,1-2H3,(H,14,15,16). The van der Waals surface area contributed by atoms with E-state index in [-0.39, 0.29) is 5.91 Å². The molecule has 0 aliphatic rings. The van der Waals surface area contributed by atoms with E-state index in [2.05, 4.69) is 10.3 Å². The summed E-state index contributed by atoms with van der Waals surface area (Å²) in [5.41, 5.74) is 0.822. The Morgan fingerprint density at radius 2 is 2.29 bits per heavy atom. The first kappa shape index (κ1) is 12.3. The Morgan fingerprint density at radius 1 is 1.53 bits per heavy atom. The number of fused-ring (bicyclic) bond motifs is 1. The zero-order valence-electron chi connectivity index (χ0n) is 9.66. The van der Waals surface area contributed by atoms with Crippen molar-refractivity contribution in [2.24, 2.45) is 5.92 Å². The minimum atomic E-state index is 0.00477. The fourth-order valence-corrected chi connectivity index (χ4v) is 2.52. The van der Waals surface area contributed by atoms with Crippen molar-refractivity contribution in [3.05, 3.63) is 23.2 Å². The quantitative estimate of drug-likeness (QED) is 0.916. The van der Waals surface area contributed by atoms with Gasteiger partial charge in [0, 0.05) is 11.4 Å². The van der Waals surface area contributed by atoms with E-state index in [0.29, 0.717) is 22.5 Å². The summed E-state index contributed by atoms with van der Waals surface area (Å²) in [7, 11) is 0. The van der Waals surface area contributed by atoms with Gasteiger partial charge in [-0.3, -0.25) is 4.79 Å². The molecule has 0 fully saturated rings. The molecule has 0 spiro atoms. The molecule has 90 valence electrons. The number of nitrogens with one attached hydrogen (secondary N) is 1. The second kappa shape index (κ2) is 5.02. The van der Waals surface area contributed by atoms with E-state index in [1.54, 1.807) is 6.07 Å². The zero-order valence-corrected chi connectivity index (χ0v) is 11.2. The van der Waals surface area contributed by atoms with Crippen LogP contribution in [0.25, 0.3) is 10.2 Å². The molecule has 2 aromatic rings. The van der Waals surface area contributed by atoms with E-state index in [4.69, 9.17) is 11.6 Å². The maximum Gasteiger partial charge on any atom is 0.226 e. The Bertz CT molecular complexity index is 550. The Morgan fingerprint density at radius 3 is 3.00 bits per heavy atom. The Labute approximate surface area is 109 Å². The lowest BCUT2D eigenvalue weighted by Gasteiger charge is -2.03. The number of carbonyl (C=O) groups is 1. The lowest BCUT2D eigenvalue weighted by Crippen LogP contribution is -2.13. The number of hydrogen-bond acceptors (Lipinski definition) is 3. The molecule has 2 rings (SSSR count). The van der Waals surface area contributed by atoms with Gasteiger partial charge in [-0.05, 0) is 24.1 Å². The number of aromatic nitrogens is 1. The average molecular weight is 269 g/mol. The van der Waals surface area contributed by atoms with Crippen LogP contribution in [0.2, 0.25) is 5.02 Å². The van der Waals surface area contributed by atoms with Crippen molar-refractivity contribution in [1.82, 2.24) is 4.98 Å². The summed E-state index contributed by atoms with van der Waals surface area (Å²) in [5.74, 6) is 0.351. The van der Waals surface area contributed by atoms with E-state index >= 15 is 0 Å². The van der Waals surface area contributed by atoms with Gasteiger partial charge in [-0.2, -0.15) is 0 Å².